The normalized spacial score (nSPS) is 16.7. The standard InChI is InChI=1S/C23H25FN6OS2/c1-15(29-12-4-3-5-13-29)20-25-28-23(30(20)18-10-8-17(24)9-11-18)33-16(2)21-26-27-22(31-21)19-7-6-14-32-19/h6-11,14-16H,3-5,12-13H2,1-2H3/t15-,16+/m0/s1. The lowest BCUT2D eigenvalue weighted by Gasteiger charge is -2.31. The molecule has 4 heterocycles. The first kappa shape index (κ1) is 22.2. The third-order valence-electron chi connectivity index (χ3n) is 5.86. The molecule has 0 amide bonds. The molecule has 0 saturated carbocycles. The number of benzene rings is 1. The van der Waals surface area contributed by atoms with E-state index in [1.807, 2.05) is 29.0 Å². The largest absolute Gasteiger partial charge is 0.419 e. The van der Waals surface area contributed by atoms with Crippen molar-refractivity contribution in [2.75, 3.05) is 13.1 Å². The van der Waals surface area contributed by atoms with E-state index in [4.69, 9.17) is 4.42 Å². The summed E-state index contributed by atoms with van der Waals surface area (Å²) in [7, 11) is 0. The number of thioether (sulfide) groups is 1. The number of aromatic nitrogens is 5. The highest BCUT2D eigenvalue weighted by molar-refractivity contribution is 7.99. The number of rotatable bonds is 7. The molecule has 1 fully saturated rings. The summed E-state index contributed by atoms with van der Waals surface area (Å²) >= 11 is 3.06. The van der Waals surface area contributed by atoms with E-state index in [0.717, 1.165) is 29.5 Å². The van der Waals surface area contributed by atoms with Gasteiger partial charge in [0.2, 0.25) is 5.89 Å². The van der Waals surface area contributed by atoms with E-state index in [9.17, 15) is 4.39 Å². The molecular weight excluding hydrogens is 459 g/mol. The first-order valence-electron chi connectivity index (χ1n) is 11.1. The quantitative estimate of drug-likeness (QED) is 0.302. The Morgan fingerprint density at radius 2 is 1.79 bits per heavy atom. The molecule has 4 aromatic rings. The Bertz CT molecular complexity index is 1180. The van der Waals surface area contributed by atoms with Gasteiger partial charge in [-0.3, -0.25) is 9.47 Å². The predicted molar refractivity (Wildman–Crippen MR) is 127 cm³/mol. The van der Waals surface area contributed by atoms with Gasteiger partial charge in [-0.2, -0.15) is 0 Å². The van der Waals surface area contributed by atoms with Gasteiger partial charge in [0.1, 0.15) is 5.82 Å². The van der Waals surface area contributed by atoms with Crippen molar-refractivity contribution in [2.45, 2.75) is 49.6 Å². The summed E-state index contributed by atoms with van der Waals surface area (Å²) in [6.45, 7) is 6.26. The molecule has 3 aromatic heterocycles. The van der Waals surface area contributed by atoms with E-state index in [0.29, 0.717) is 16.9 Å². The topological polar surface area (TPSA) is 72.9 Å². The Labute approximate surface area is 200 Å². The Balaban J connectivity index is 1.45. The van der Waals surface area contributed by atoms with Crippen LogP contribution in [-0.2, 0) is 0 Å². The van der Waals surface area contributed by atoms with Crippen molar-refractivity contribution in [3.63, 3.8) is 0 Å². The summed E-state index contributed by atoms with van der Waals surface area (Å²) in [5.41, 5.74) is 0.833. The molecule has 33 heavy (non-hydrogen) atoms. The van der Waals surface area contributed by atoms with Gasteiger partial charge in [-0.15, -0.1) is 31.7 Å². The van der Waals surface area contributed by atoms with E-state index in [1.165, 1.54) is 43.2 Å². The monoisotopic (exact) mass is 484 g/mol. The minimum atomic E-state index is -0.271. The van der Waals surface area contributed by atoms with Gasteiger partial charge >= 0.3 is 0 Å². The maximum absolute atomic E-state index is 13.6. The molecule has 0 radical (unpaired) electrons. The number of nitrogens with zero attached hydrogens (tertiary/aromatic N) is 6. The summed E-state index contributed by atoms with van der Waals surface area (Å²) in [5.74, 6) is 1.63. The molecule has 10 heteroatoms. The Morgan fingerprint density at radius 3 is 2.52 bits per heavy atom. The van der Waals surface area contributed by atoms with Crippen molar-refractivity contribution >= 4 is 23.1 Å². The fraction of sp³-hybridized carbons (Fsp3) is 0.391. The van der Waals surface area contributed by atoms with Crippen LogP contribution in [0.4, 0.5) is 4.39 Å². The first-order valence-corrected chi connectivity index (χ1v) is 12.9. The van der Waals surface area contributed by atoms with E-state index < -0.39 is 0 Å². The summed E-state index contributed by atoms with van der Waals surface area (Å²) < 4.78 is 21.6. The molecule has 0 N–H and O–H groups in total. The van der Waals surface area contributed by atoms with Crippen molar-refractivity contribution in [3.05, 3.63) is 59.3 Å². The molecule has 0 spiro atoms. The number of hydrogen-bond donors (Lipinski definition) is 0. The molecule has 1 aliphatic heterocycles. The van der Waals surface area contributed by atoms with Crippen molar-refractivity contribution in [1.82, 2.24) is 29.9 Å². The molecular formula is C23H25FN6OS2. The Morgan fingerprint density at radius 1 is 1.00 bits per heavy atom. The highest BCUT2D eigenvalue weighted by Gasteiger charge is 2.27. The van der Waals surface area contributed by atoms with Crippen LogP contribution in [-0.4, -0.2) is 43.0 Å². The van der Waals surface area contributed by atoms with Crippen LogP contribution < -0.4 is 0 Å². The van der Waals surface area contributed by atoms with E-state index in [-0.39, 0.29) is 17.1 Å². The van der Waals surface area contributed by atoms with Crippen LogP contribution in [0.2, 0.25) is 0 Å². The fourth-order valence-corrected chi connectivity index (χ4v) is 5.59. The summed E-state index contributed by atoms with van der Waals surface area (Å²) in [5, 5.41) is 20.1. The number of thiophene rings is 1. The van der Waals surface area contributed by atoms with Crippen molar-refractivity contribution in [2.24, 2.45) is 0 Å². The molecule has 1 aliphatic rings. The van der Waals surface area contributed by atoms with Gasteiger partial charge in [-0.05, 0) is 75.5 Å². The molecule has 5 rings (SSSR count). The molecule has 7 nitrogen and oxygen atoms in total. The zero-order chi connectivity index (χ0) is 22.8. The summed E-state index contributed by atoms with van der Waals surface area (Å²) in [6, 6.07) is 10.5. The number of halogens is 1. The Kier molecular flexibility index (Phi) is 6.57. The van der Waals surface area contributed by atoms with Gasteiger partial charge in [-0.25, -0.2) is 4.39 Å². The highest BCUT2D eigenvalue weighted by atomic mass is 32.2. The molecule has 1 aromatic carbocycles. The second kappa shape index (κ2) is 9.74. The third-order valence-corrected chi connectivity index (χ3v) is 7.75. The highest BCUT2D eigenvalue weighted by Crippen LogP contribution is 2.37. The zero-order valence-corrected chi connectivity index (χ0v) is 20.2. The van der Waals surface area contributed by atoms with Crippen molar-refractivity contribution in [3.8, 4) is 16.5 Å². The van der Waals surface area contributed by atoms with Gasteiger partial charge in [0, 0.05) is 5.69 Å². The molecule has 0 bridgehead atoms. The number of likely N-dealkylation sites (tertiary alicyclic amines) is 1. The number of hydrogen-bond acceptors (Lipinski definition) is 8. The average Bonchev–Trinajstić information content (AvgIpc) is 3.60. The lowest BCUT2D eigenvalue weighted by Crippen LogP contribution is -2.33. The SMILES string of the molecule is C[C@@H](Sc1nnc([C@H](C)N2CCCCC2)n1-c1ccc(F)cc1)c1nnc(-c2cccs2)o1. The smallest absolute Gasteiger partial charge is 0.257 e. The molecule has 0 unspecified atom stereocenters. The zero-order valence-electron chi connectivity index (χ0n) is 18.5. The molecule has 0 aliphatic carbocycles. The van der Waals surface area contributed by atoms with Crippen molar-refractivity contribution in [1.29, 1.82) is 0 Å². The average molecular weight is 485 g/mol. The molecule has 172 valence electrons. The minimum Gasteiger partial charge on any atom is -0.419 e. The molecule has 1 saturated heterocycles. The van der Waals surface area contributed by atoms with Crippen molar-refractivity contribution < 1.29 is 8.81 Å². The van der Waals surface area contributed by atoms with Gasteiger partial charge in [-0.1, -0.05) is 24.2 Å². The van der Waals surface area contributed by atoms with Crippen LogP contribution in [0.5, 0.6) is 0 Å². The second-order valence-corrected chi connectivity index (χ2v) is 10.4. The van der Waals surface area contributed by atoms with Crippen LogP contribution >= 0.6 is 23.1 Å². The number of piperidine rings is 1. The predicted octanol–water partition coefficient (Wildman–Crippen LogP) is 5.92. The van der Waals surface area contributed by atoms with Gasteiger partial charge in [0.25, 0.3) is 5.89 Å². The van der Waals surface area contributed by atoms with E-state index >= 15 is 0 Å². The lowest BCUT2D eigenvalue weighted by molar-refractivity contribution is 0.167. The maximum atomic E-state index is 13.6. The minimum absolute atomic E-state index is 0.0985. The third kappa shape index (κ3) is 4.73. The van der Waals surface area contributed by atoms with Crippen LogP contribution in [0.15, 0.2) is 51.4 Å². The van der Waals surface area contributed by atoms with Gasteiger partial charge in [0.15, 0.2) is 11.0 Å². The second-order valence-electron chi connectivity index (χ2n) is 8.11. The molecule has 2 atom stereocenters. The van der Waals surface area contributed by atoms with E-state index in [2.05, 4.69) is 32.2 Å². The van der Waals surface area contributed by atoms with Crippen LogP contribution in [0.3, 0.4) is 0 Å². The van der Waals surface area contributed by atoms with Crippen LogP contribution in [0.1, 0.15) is 56.1 Å². The first-order chi connectivity index (χ1) is 16.1. The maximum Gasteiger partial charge on any atom is 0.257 e. The Hall–Kier alpha value is -2.56. The van der Waals surface area contributed by atoms with Gasteiger partial charge < -0.3 is 4.42 Å². The van der Waals surface area contributed by atoms with Crippen LogP contribution in [0, 0.1) is 5.82 Å². The van der Waals surface area contributed by atoms with Crippen LogP contribution in [0.25, 0.3) is 16.5 Å². The van der Waals surface area contributed by atoms with Gasteiger partial charge in [0.05, 0.1) is 16.2 Å². The summed E-state index contributed by atoms with van der Waals surface area (Å²) in [6.07, 6.45) is 3.65. The summed E-state index contributed by atoms with van der Waals surface area (Å²) in [4.78, 5) is 3.38. The van der Waals surface area contributed by atoms with E-state index in [1.54, 1.807) is 23.5 Å². The lowest BCUT2D eigenvalue weighted by atomic mass is 10.1. The fourth-order valence-electron chi connectivity index (χ4n) is 4.04.